The van der Waals surface area contributed by atoms with Gasteiger partial charge in [-0.1, -0.05) is 35.6 Å². The van der Waals surface area contributed by atoms with Crippen LogP contribution in [0.5, 0.6) is 0 Å². The molecule has 1 aromatic carbocycles. The first-order chi connectivity index (χ1) is 9.93. The molecule has 3 nitrogen and oxygen atoms in total. The molecule has 21 heavy (non-hydrogen) atoms. The summed E-state index contributed by atoms with van der Waals surface area (Å²) in [6.45, 7) is 9.65. The molecule has 0 fully saturated rings. The Morgan fingerprint density at radius 2 is 1.81 bits per heavy atom. The highest BCUT2D eigenvalue weighted by Crippen LogP contribution is 2.14. The first kappa shape index (κ1) is 17.6. The summed E-state index contributed by atoms with van der Waals surface area (Å²) in [5.41, 5.74) is 0.479. The number of halogens is 1. The largest absolute Gasteiger partial charge is 0.341 e. The standard InChI is InChI=1S/C17H23ClN2O/c1-13(2)20(14(3)4)12-8-7-11-19-17(21)15-9-5-6-10-16(15)18/h5-6,9-10,13-14H,11-12H2,1-4H3,(H,19,21). The van der Waals surface area contributed by atoms with Crippen LogP contribution in [0, 0.1) is 11.8 Å². The van der Waals surface area contributed by atoms with E-state index in [0.717, 1.165) is 0 Å². The number of carbonyl (C=O) groups is 1. The molecule has 0 radical (unpaired) electrons. The molecule has 0 unspecified atom stereocenters. The summed E-state index contributed by atoms with van der Waals surface area (Å²) in [6.07, 6.45) is 0. The average Bonchev–Trinajstić information content (AvgIpc) is 2.42. The molecule has 1 amide bonds. The number of rotatable bonds is 5. The Morgan fingerprint density at radius 1 is 1.19 bits per heavy atom. The van der Waals surface area contributed by atoms with Gasteiger partial charge in [-0.3, -0.25) is 9.69 Å². The van der Waals surface area contributed by atoms with Gasteiger partial charge in [0.2, 0.25) is 0 Å². The molecule has 0 heterocycles. The molecule has 0 saturated heterocycles. The molecular weight excluding hydrogens is 284 g/mol. The van der Waals surface area contributed by atoms with E-state index in [0.29, 0.717) is 35.8 Å². The van der Waals surface area contributed by atoms with Gasteiger partial charge in [0.05, 0.1) is 23.7 Å². The van der Waals surface area contributed by atoms with Gasteiger partial charge in [0.15, 0.2) is 0 Å². The maximum atomic E-state index is 11.9. The molecule has 0 spiro atoms. The summed E-state index contributed by atoms with van der Waals surface area (Å²) in [5, 5.41) is 3.21. The molecule has 0 atom stereocenters. The summed E-state index contributed by atoms with van der Waals surface area (Å²) in [7, 11) is 0. The molecule has 0 aromatic heterocycles. The normalized spacial score (nSPS) is 10.7. The molecule has 1 rings (SSSR count). The smallest absolute Gasteiger partial charge is 0.253 e. The lowest BCUT2D eigenvalue weighted by Crippen LogP contribution is -2.37. The van der Waals surface area contributed by atoms with Crippen LogP contribution < -0.4 is 5.32 Å². The zero-order valence-corrected chi connectivity index (χ0v) is 13.9. The monoisotopic (exact) mass is 306 g/mol. The minimum Gasteiger partial charge on any atom is -0.341 e. The maximum Gasteiger partial charge on any atom is 0.253 e. The van der Waals surface area contributed by atoms with Gasteiger partial charge >= 0.3 is 0 Å². The topological polar surface area (TPSA) is 32.3 Å². The first-order valence-electron chi connectivity index (χ1n) is 7.17. The van der Waals surface area contributed by atoms with Crippen molar-refractivity contribution in [2.75, 3.05) is 13.1 Å². The average molecular weight is 307 g/mol. The maximum absolute atomic E-state index is 11.9. The highest BCUT2D eigenvalue weighted by Gasteiger charge is 2.11. The van der Waals surface area contributed by atoms with Crippen molar-refractivity contribution in [3.05, 3.63) is 34.9 Å². The highest BCUT2D eigenvalue weighted by molar-refractivity contribution is 6.33. The number of nitrogens with zero attached hydrogens (tertiary/aromatic N) is 1. The Kier molecular flexibility index (Phi) is 7.28. The van der Waals surface area contributed by atoms with Gasteiger partial charge in [-0.25, -0.2) is 0 Å². The van der Waals surface area contributed by atoms with Crippen molar-refractivity contribution in [2.24, 2.45) is 0 Å². The molecule has 0 bridgehead atoms. The van der Waals surface area contributed by atoms with E-state index in [2.05, 4.69) is 49.8 Å². The molecule has 0 aliphatic carbocycles. The lowest BCUT2D eigenvalue weighted by atomic mass is 10.2. The van der Waals surface area contributed by atoms with E-state index in [1.54, 1.807) is 24.3 Å². The van der Waals surface area contributed by atoms with Crippen LogP contribution in [0.25, 0.3) is 0 Å². The summed E-state index contributed by atoms with van der Waals surface area (Å²) >= 11 is 5.97. The summed E-state index contributed by atoms with van der Waals surface area (Å²) in [4.78, 5) is 14.2. The van der Waals surface area contributed by atoms with Crippen molar-refractivity contribution in [1.29, 1.82) is 0 Å². The van der Waals surface area contributed by atoms with Gasteiger partial charge in [0.25, 0.3) is 5.91 Å². The molecule has 0 aliphatic heterocycles. The van der Waals surface area contributed by atoms with Crippen molar-refractivity contribution in [2.45, 2.75) is 39.8 Å². The Bertz CT molecular complexity index is 521. The zero-order valence-electron chi connectivity index (χ0n) is 13.1. The lowest BCUT2D eigenvalue weighted by molar-refractivity contribution is 0.0959. The van der Waals surface area contributed by atoms with E-state index in [-0.39, 0.29) is 5.91 Å². The third-order valence-electron chi connectivity index (χ3n) is 3.17. The number of carbonyl (C=O) groups excluding carboxylic acids is 1. The van der Waals surface area contributed by atoms with E-state index in [4.69, 9.17) is 11.6 Å². The van der Waals surface area contributed by atoms with Gasteiger partial charge in [-0.2, -0.15) is 0 Å². The number of hydrogen-bond donors (Lipinski definition) is 1. The summed E-state index contributed by atoms with van der Waals surface area (Å²) in [6, 6.07) is 7.89. The van der Waals surface area contributed by atoms with Crippen molar-refractivity contribution in [3.63, 3.8) is 0 Å². The number of nitrogens with one attached hydrogen (secondary N) is 1. The van der Waals surface area contributed by atoms with Crippen LogP contribution in [0.3, 0.4) is 0 Å². The molecular formula is C17H23ClN2O. The fourth-order valence-corrected chi connectivity index (χ4v) is 2.26. The molecule has 1 aromatic rings. The van der Waals surface area contributed by atoms with Gasteiger partial charge < -0.3 is 5.32 Å². The molecule has 114 valence electrons. The van der Waals surface area contributed by atoms with E-state index in [1.807, 2.05) is 0 Å². The first-order valence-corrected chi connectivity index (χ1v) is 7.55. The van der Waals surface area contributed by atoms with Crippen molar-refractivity contribution < 1.29 is 4.79 Å². The fourth-order valence-electron chi connectivity index (χ4n) is 2.04. The Balaban J connectivity index is 2.46. The molecule has 0 aliphatic rings. The van der Waals surface area contributed by atoms with E-state index in [1.165, 1.54) is 0 Å². The second-order valence-electron chi connectivity index (χ2n) is 5.38. The Hall–Kier alpha value is -1.50. The summed E-state index contributed by atoms with van der Waals surface area (Å²) in [5.74, 6) is 5.88. The quantitative estimate of drug-likeness (QED) is 0.847. The van der Waals surface area contributed by atoms with E-state index < -0.39 is 0 Å². The van der Waals surface area contributed by atoms with Crippen LogP contribution >= 0.6 is 11.6 Å². The zero-order chi connectivity index (χ0) is 15.8. The van der Waals surface area contributed by atoms with Crippen molar-refractivity contribution in [1.82, 2.24) is 10.2 Å². The van der Waals surface area contributed by atoms with Crippen LogP contribution in [0.4, 0.5) is 0 Å². The van der Waals surface area contributed by atoms with E-state index in [9.17, 15) is 4.79 Å². The number of amides is 1. The SMILES string of the molecule is CC(C)N(CC#CCNC(=O)c1ccccc1Cl)C(C)C. The predicted molar refractivity (Wildman–Crippen MR) is 88.5 cm³/mol. The molecule has 4 heteroatoms. The van der Waals surface area contributed by atoms with Crippen LogP contribution in [-0.4, -0.2) is 36.0 Å². The second-order valence-corrected chi connectivity index (χ2v) is 5.78. The number of hydrogen-bond acceptors (Lipinski definition) is 2. The minimum atomic E-state index is -0.195. The van der Waals surface area contributed by atoms with E-state index >= 15 is 0 Å². The third-order valence-corrected chi connectivity index (χ3v) is 3.50. The van der Waals surface area contributed by atoms with Gasteiger partial charge in [0.1, 0.15) is 0 Å². The summed E-state index contributed by atoms with van der Waals surface area (Å²) < 4.78 is 0. The Morgan fingerprint density at radius 3 is 2.38 bits per heavy atom. The fraction of sp³-hybridized carbons (Fsp3) is 0.471. The van der Waals surface area contributed by atoms with Gasteiger partial charge in [-0.05, 0) is 39.8 Å². The molecule has 0 saturated carbocycles. The minimum absolute atomic E-state index is 0.195. The second kappa shape index (κ2) is 8.71. The third kappa shape index (κ3) is 5.79. The van der Waals surface area contributed by atoms with Crippen molar-refractivity contribution in [3.8, 4) is 11.8 Å². The van der Waals surface area contributed by atoms with Crippen LogP contribution in [0.15, 0.2) is 24.3 Å². The van der Waals surface area contributed by atoms with Gasteiger partial charge in [-0.15, -0.1) is 0 Å². The van der Waals surface area contributed by atoms with Crippen LogP contribution in [0.1, 0.15) is 38.1 Å². The predicted octanol–water partition coefficient (Wildman–Crippen LogP) is 3.19. The van der Waals surface area contributed by atoms with Crippen LogP contribution in [-0.2, 0) is 0 Å². The lowest BCUT2D eigenvalue weighted by Gasteiger charge is -2.28. The van der Waals surface area contributed by atoms with Gasteiger partial charge in [0, 0.05) is 12.1 Å². The van der Waals surface area contributed by atoms with Crippen molar-refractivity contribution >= 4 is 17.5 Å². The Labute approximate surface area is 132 Å². The highest BCUT2D eigenvalue weighted by atomic mass is 35.5. The van der Waals surface area contributed by atoms with Crippen LogP contribution in [0.2, 0.25) is 5.02 Å². The molecule has 1 N–H and O–H groups in total. The number of benzene rings is 1.